The van der Waals surface area contributed by atoms with Gasteiger partial charge in [0.05, 0.1) is 6.20 Å². The van der Waals surface area contributed by atoms with Crippen LogP contribution in [0.3, 0.4) is 0 Å². The Morgan fingerprint density at radius 2 is 1.68 bits per heavy atom. The standard InChI is InChI=1S/C12H10N4O.C2H6/c13-9-1-3-10(4-2-9)17-11-5-6-12-14-8-15-16(12)7-11;1-2/h1-8H,13H2;1-2H3. The van der Waals surface area contributed by atoms with Gasteiger partial charge in [0.25, 0.3) is 0 Å². The van der Waals surface area contributed by atoms with Crippen molar-refractivity contribution in [3.05, 3.63) is 48.9 Å². The molecule has 0 radical (unpaired) electrons. The minimum atomic E-state index is 0.702. The number of fused-ring (bicyclic) bond motifs is 1. The molecule has 0 aliphatic rings. The Morgan fingerprint density at radius 1 is 1.00 bits per heavy atom. The Labute approximate surface area is 111 Å². The summed E-state index contributed by atoms with van der Waals surface area (Å²) in [4.78, 5) is 4.06. The lowest BCUT2D eigenvalue weighted by atomic mass is 10.3. The molecule has 0 spiro atoms. The fourth-order valence-electron chi connectivity index (χ4n) is 1.53. The molecule has 2 aromatic heterocycles. The van der Waals surface area contributed by atoms with E-state index in [2.05, 4.69) is 10.1 Å². The maximum absolute atomic E-state index is 5.67. The van der Waals surface area contributed by atoms with Crippen molar-refractivity contribution in [3.63, 3.8) is 0 Å². The molecule has 2 N–H and O–H groups in total. The fraction of sp³-hybridized carbons (Fsp3) is 0.143. The van der Waals surface area contributed by atoms with Crippen molar-refractivity contribution in [3.8, 4) is 11.5 Å². The molecular weight excluding hydrogens is 240 g/mol. The molecular formula is C14H16N4O. The summed E-state index contributed by atoms with van der Waals surface area (Å²) in [6.45, 7) is 4.00. The van der Waals surface area contributed by atoms with Crippen LogP contribution in [0.25, 0.3) is 5.65 Å². The van der Waals surface area contributed by atoms with E-state index < -0.39 is 0 Å². The van der Waals surface area contributed by atoms with E-state index in [0.29, 0.717) is 11.4 Å². The summed E-state index contributed by atoms with van der Waals surface area (Å²) in [7, 11) is 0. The molecule has 98 valence electrons. The van der Waals surface area contributed by atoms with Gasteiger partial charge in [-0.1, -0.05) is 13.8 Å². The molecule has 0 saturated heterocycles. The van der Waals surface area contributed by atoms with Crippen molar-refractivity contribution in [1.29, 1.82) is 0 Å². The van der Waals surface area contributed by atoms with Crippen LogP contribution in [0, 0.1) is 0 Å². The van der Waals surface area contributed by atoms with E-state index in [1.165, 1.54) is 6.33 Å². The maximum Gasteiger partial charge on any atom is 0.155 e. The molecule has 5 heteroatoms. The molecule has 0 unspecified atom stereocenters. The van der Waals surface area contributed by atoms with E-state index >= 15 is 0 Å². The van der Waals surface area contributed by atoms with Gasteiger partial charge >= 0.3 is 0 Å². The minimum Gasteiger partial charge on any atom is -0.456 e. The first-order valence-electron chi connectivity index (χ1n) is 6.14. The van der Waals surface area contributed by atoms with Gasteiger partial charge in [0.15, 0.2) is 5.65 Å². The number of hydrogen-bond acceptors (Lipinski definition) is 4. The molecule has 1 aromatic carbocycles. The Balaban J connectivity index is 0.000000637. The van der Waals surface area contributed by atoms with E-state index in [4.69, 9.17) is 10.5 Å². The lowest BCUT2D eigenvalue weighted by Gasteiger charge is -2.05. The first kappa shape index (κ1) is 12.9. The zero-order chi connectivity index (χ0) is 13.7. The number of hydrogen-bond donors (Lipinski definition) is 1. The third-order valence-electron chi connectivity index (χ3n) is 2.36. The van der Waals surface area contributed by atoms with Crippen molar-refractivity contribution < 1.29 is 4.74 Å². The summed E-state index contributed by atoms with van der Waals surface area (Å²) in [6.07, 6.45) is 3.28. The number of pyridine rings is 1. The van der Waals surface area contributed by atoms with Crippen LogP contribution in [0.1, 0.15) is 13.8 Å². The van der Waals surface area contributed by atoms with E-state index in [9.17, 15) is 0 Å². The topological polar surface area (TPSA) is 65.4 Å². The van der Waals surface area contributed by atoms with Crippen LogP contribution in [0.2, 0.25) is 0 Å². The van der Waals surface area contributed by atoms with E-state index in [1.807, 2.05) is 38.1 Å². The Hall–Kier alpha value is -2.56. The number of nitrogens with zero attached hydrogens (tertiary/aromatic N) is 3. The van der Waals surface area contributed by atoms with Crippen molar-refractivity contribution >= 4 is 11.3 Å². The fourth-order valence-corrected chi connectivity index (χ4v) is 1.53. The number of aromatic nitrogens is 3. The molecule has 0 fully saturated rings. The van der Waals surface area contributed by atoms with Crippen molar-refractivity contribution in [2.45, 2.75) is 13.8 Å². The van der Waals surface area contributed by atoms with Gasteiger partial charge in [0.1, 0.15) is 17.8 Å². The Bertz CT molecular complexity index is 646. The van der Waals surface area contributed by atoms with Crippen LogP contribution >= 0.6 is 0 Å². The first-order chi connectivity index (χ1) is 9.31. The second-order valence-corrected chi connectivity index (χ2v) is 3.60. The lowest BCUT2D eigenvalue weighted by molar-refractivity contribution is 0.478. The van der Waals surface area contributed by atoms with Gasteiger partial charge in [-0.15, -0.1) is 0 Å². The molecule has 0 atom stereocenters. The quantitative estimate of drug-likeness (QED) is 0.715. The highest BCUT2D eigenvalue weighted by Gasteiger charge is 2.00. The highest BCUT2D eigenvalue weighted by molar-refractivity contribution is 5.44. The molecule has 0 amide bonds. The van der Waals surface area contributed by atoms with Crippen LogP contribution in [0.5, 0.6) is 11.5 Å². The summed E-state index contributed by atoms with van der Waals surface area (Å²) in [5.74, 6) is 1.44. The second-order valence-electron chi connectivity index (χ2n) is 3.60. The third-order valence-corrected chi connectivity index (χ3v) is 2.36. The smallest absolute Gasteiger partial charge is 0.155 e. The van der Waals surface area contributed by atoms with Crippen molar-refractivity contribution in [1.82, 2.24) is 14.6 Å². The Morgan fingerprint density at radius 3 is 2.42 bits per heavy atom. The number of ether oxygens (including phenoxy) is 1. The van der Waals surface area contributed by atoms with Gasteiger partial charge in [-0.3, -0.25) is 0 Å². The van der Waals surface area contributed by atoms with Gasteiger partial charge in [-0.05, 0) is 36.4 Å². The zero-order valence-corrected chi connectivity index (χ0v) is 10.9. The Kier molecular flexibility index (Phi) is 3.97. The van der Waals surface area contributed by atoms with E-state index in [0.717, 1.165) is 11.4 Å². The molecule has 3 rings (SSSR count). The molecule has 19 heavy (non-hydrogen) atoms. The number of nitrogen functional groups attached to an aromatic ring is 1. The number of nitrogens with two attached hydrogens (primary N) is 1. The summed E-state index contributed by atoms with van der Waals surface area (Å²) >= 11 is 0. The molecule has 0 saturated carbocycles. The first-order valence-corrected chi connectivity index (χ1v) is 6.14. The van der Waals surface area contributed by atoms with E-state index in [-0.39, 0.29) is 0 Å². The number of benzene rings is 1. The highest BCUT2D eigenvalue weighted by Crippen LogP contribution is 2.22. The van der Waals surface area contributed by atoms with Gasteiger partial charge in [0.2, 0.25) is 0 Å². The summed E-state index contributed by atoms with van der Waals surface area (Å²) in [5.41, 5.74) is 7.10. The van der Waals surface area contributed by atoms with Gasteiger partial charge < -0.3 is 10.5 Å². The lowest BCUT2D eigenvalue weighted by Crippen LogP contribution is -1.90. The third kappa shape index (κ3) is 3.01. The van der Waals surface area contributed by atoms with Crippen LogP contribution in [0.4, 0.5) is 5.69 Å². The number of anilines is 1. The average Bonchev–Trinajstić information content (AvgIpc) is 2.91. The highest BCUT2D eigenvalue weighted by atomic mass is 16.5. The monoisotopic (exact) mass is 256 g/mol. The molecule has 0 bridgehead atoms. The average molecular weight is 256 g/mol. The molecule has 3 aromatic rings. The van der Waals surface area contributed by atoms with E-state index in [1.54, 1.807) is 22.8 Å². The van der Waals surface area contributed by atoms with Gasteiger partial charge in [-0.2, -0.15) is 5.10 Å². The van der Waals surface area contributed by atoms with Crippen molar-refractivity contribution in [2.24, 2.45) is 0 Å². The molecule has 5 nitrogen and oxygen atoms in total. The summed E-state index contributed by atoms with van der Waals surface area (Å²) in [6, 6.07) is 10.9. The maximum atomic E-state index is 5.67. The molecule has 0 aliphatic heterocycles. The van der Waals surface area contributed by atoms with Crippen LogP contribution in [-0.4, -0.2) is 14.6 Å². The number of rotatable bonds is 2. The largest absolute Gasteiger partial charge is 0.456 e. The van der Waals surface area contributed by atoms with Crippen molar-refractivity contribution in [2.75, 3.05) is 5.73 Å². The van der Waals surface area contributed by atoms with Crippen LogP contribution < -0.4 is 10.5 Å². The molecule has 0 aliphatic carbocycles. The molecule has 2 heterocycles. The van der Waals surface area contributed by atoms with Gasteiger partial charge in [0, 0.05) is 5.69 Å². The summed E-state index contributed by atoms with van der Waals surface area (Å²) < 4.78 is 7.33. The zero-order valence-electron chi connectivity index (χ0n) is 10.9. The minimum absolute atomic E-state index is 0.702. The normalized spacial score (nSPS) is 9.79. The van der Waals surface area contributed by atoms with Gasteiger partial charge in [-0.25, -0.2) is 9.50 Å². The summed E-state index contributed by atoms with van der Waals surface area (Å²) in [5, 5.41) is 4.04. The predicted molar refractivity (Wildman–Crippen MR) is 75.3 cm³/mol. The SMILES string of the molecule is CC.Nc1ccc(Oc2ccc3ncnn3c2)cc1. The predicted octanol–water partition coefficient (Wildman–Crippen LogP) is 3.13. The van der Waals surface area contributed by atoms with Crippen LogP contribution in [0.15, 0.2) is 48.9 Å². The van der Waals surface area contributed by atoms with Crippen LogP contribution in [-0.2, 0) is 0 Å². The second kappa shape index (κ2) is 5.86.